The van der Waals surface area contributed by atoms with Crippen LogP contribution in [-0.2, 0) is 4.74 Å². The van der Waals surface area contributed by atoms with Gasteiger partial charge in [-0.15, -0.1) is 0 Å². The van der Waals surface area contributed by atoms with Gasteiger partial charge in [0.2, 0.25) is 0 Å². The van der Waals surface area contributed by atoms with Gasteiger partial charge in [0.05, 0.1) is 6.61 Å². The topological polar surface area (TPSA) is 92.5 Å². The Hall–Kier alpha value is -1.38. The second-order valence-corrected chi connectivity index (χ2v) is 6.05. The van der Waals surface area contributed by atoms with Gasteiger partial charge in [0, 0.05) is 26.7 Å². The average molecular weight is 313 g/mol. The van der Waals surface area contributed by atoms with Gasteiger partial charge in [-0.2, -0.15) is 0 Å². The zero-order chi connectivity index (χ0) is 15.2. The van der Waals surface area contributed by atoms with Gasteiger partial charge in [-0.1, -0.05) is 11.3 Å². The van der Waals surface area contributed by atoms with E-state index in [0.29, 0.717) is 29.0 Å². The zero-order valence-electron chi connectivity index (χ0n) is 12.5. The molecule has 0 aromatic carbocycles. The Labute approximate surface area is 128 Å². The van der Waals surface area contributed by atoms with Crippen molar-refractivity contribution >= 4 is 28.2 Å². The lowest BCUT2D eigenvalue weighted by molar-refractivity contribution is 0.0709. The smallest absolute Gasteiger partial charge is 0.267 e. The quantitative estimate of drug-likeness (QED) is 0.666. The van der Waals surface area contributed by atoms with Crippen LogP contribution in [0.1, 0.15) is 22.5 Å². The van der Waals surface area contributed by atoms with Gasteiger partial charge in [0.1, 0.15) is 10.7 Å². The van der Waals surface area contributed by atoms with Crippen LogP contribution in [0.3, 0.4) is 0 Å². The molecular formula is C13H23N5O2S. The van der Waals surface area contributed by atoms with Crippen molar-refractivity contribution in [2.45, 2.75) is 18.9 Å². The summed E-state index contributed by atoms with van der Waals surface area (Å²) >= 11 is 1.30. The Morgan fingerprint density at radius 1 is 1.57 bits per heavy atom. The minimum atomic E-state index is -0.0447. The standard InChI is InChI=1S/C13H23N5O2S/c1-18(9-3-5-15-6-4-9)12(19)10-11(14)17-13(21-10)16-7-8-20-2/h9,15H,3-8,14H2,1-2H3,(H,16,17). The molecule has 0 unspecified atom stereocenters. The number of carbonyl (C=O) groups excluding carboxylic acids is 1. The number of hydrogen-bond acceptors (Lipinski definition) is 7. The number of nitrogens with one attached hydrogen (secondary N) is 2. The third-order valence-corrected chi connectivity index (χ3v) is 4.62. The summed E-state index contributed by atoms with van der Waals surface area (Å²) in [5.41, 5.74) is 5.88. The van der Waals surface area contributed by atoms with Crippen molar-refractivity contribution < 1.29 is 9.53 Å². The molecule has 1 fully saturated rings. The van der Waals surface area contributed by atoms with Crippen LogP contribution in [0.25, 0.3) is 0 Å². The molecule has 118 valence electrons. The van der Waals surface area contributed by atoms with E-state index in [1.807, 2.05) is 7.05 Å². The van der Waals surface area contributed by atoms with Crippen molar-refractivity contribution in [3.63, 3.8) is 0 Å². The number of nitrogens with two attached hydrogens (primary N) is 1. The molecule has 1 saturated heterocycles. The third kappa shape index (κ3) is 4.05. The van der Waals surface area contributed by atoms with Crippen molar-refractivity contribution in [2.24, 2.45) is 0 Å². The monoisotopic (exact) mass is 313 g/mol. The van der Waals surface area contributed by atoms with E-state index in [1.54, 1.807) is 12.0 Å². The number of thiazole rings is 1. The average Bonchev–Trinajstić information content (AvgIpc) is 2.88. The van der Waals surface area contributed by atoms with Gasteiger partial charge in [-0.3, -0.25) is 4.79 Å². The van der Waals surface area contributed by atoms with Gasteiger partial charge in [-0.25, -0.2) is 4.98 Å². The predicted octanol–water partition coefficient (Wildman–Crippen LogP) is 0.608. The van der Waals surface area contributed by atoms with Crippen LogP contribution in [-0.4, -0.2) is 62.2 Å². The third-order valence-electron chi connectivity index (χ3n) is 3.61. The van der Waals surface area contributed by atoms with E-state index >= 15 is 0 Å². The molecule has 0 aliphatic carbocycles. The molecule has 1 aliphatic rings. The molecule has 1 aromatic rings. The molecule has 1 aromatic heterocycles. The lowest BCUT2D eigenvalue weighted by Crippen LogP contribution is -2.43. The van der Waals surface area contributed by atoms with Crippen LogP contribution in [0, 0.1) is 0 Å². The SMILES string of the molecule is COCCNc1nc(N)c(C(=O)N(C)C2CCNCC2)s1. The molecule has 2 heterocycles. The van der Waals surface area contributed by atoms with Gasteiger partial charge in [0.15, 0.2) is 5.13 Å². The summed E-state index contributed by atoms with van der Waals surface area (Å²) in [5, 5.41) is 7.06. The van der Waals surface area contributed by atoms with E-state index < -0.39 is 0 Å². The number of rotatable bonds is 6. The predicted molar refractivity (Wildman–Crippen MR) is 84.9 cm³/mol. The molecule has 0 atom stereocenters. The molecule has 0 bridgehead atoms. The first-order valence-corrected chi connectivity index (χ1v) is 7.92. The van der Waals surface area contributed by atoms with E-state index in [-0.39, 0.29) is 11.9 Å². The minimum Gasteiger partial charge on any atom is -0.383 e. The number of nitrogens with zero attached hydrogens (tertiary/aromatic N) is 2. The zero-order valence-corrected chi connectivity index (χ0v) is 13.3. The highest BCUT2D eigenvalue weighted by atomic mass is 32.1. The number of anilines is 2. The first-order chi connectivity index (χ1) is 10.1. The number of ether oxygens (including phenoxy) is 1. The van der Waals surface area contributed by atoms with Crippen LogP contribution < -0.4 is 16.4 Å². The molecule has 0 spiro atoms. The van der Waals surface area contributed by atoms with Crippen LogP contribution >= 0.6 is 11.3 Å². The molecule has 0 radical (unpaired) electrons. The van der Waals surface area contributed by atoms with Crippen LogP contribution in [0.5, 0.6) is 0 Å². The minimum absolute atomic E-state index is 0.0447. The molecule has 1 aliphatic heterocycles. The molecule has 2 rings (SSSR count). The largest absolute Gasteiger partial charge is 0.383 e. The number of methoxy groups -OCH3 is 1. The van der Waals surface area contributed by atoms with Crippen molar-refractivity contribution in [2.75, 3.05) is 51.4 Å². The second kappa shape index (κ2) is 7.58. The Balaban J connectivity index is 2.00. The van der Waals surface area contributed by atoms with Gasteiger partial charge >= 0.3 is 0 Å². The van der Waals surface area contributed by atoms with E-state index in [9.17, 15) is 4.79 Å². The van der Waals surface area contributed by atoms with Crippen molar-refractivity contribution in [3.05, 3.63) is 4.88 Å². The summed E-state index contributed by atoms with van der Waals surface area (Å²) in [6, 6.07) is 0.269. The lowest BCUT2D eigenvalue weighted by Gasteiger charge is -2.31. The number of amides is 1. The van der Waals surface area contributed by atoms with E-state index in [0.717, 1.165) is 25.9 Å². The molecular weight excluding hydrogens is 290 g/mol. The summed E-state index contributed by atoms with van der Waals surface area (Å²) in [4.78, 5) is 19.1. The van der Waals surface area contributed by atoms with Crippen molar-refractivity contribution in [1.29, 1.82) is 0 Å². The maximum atomic E-state index is 12.6. The van der Waals surface area contributed by atoms with Crippen LogP contribution in [0.15, 0.2) is 0 Å². The molecule has 21 heavy (non-hydrogen) atoms. The Bertz CT molecular complexity index is 473. The highest BCUT2D eigenvalue weighted by Crippen LogP contribution is 2.27. The van der Waals surface area contributed by atoms with Crippen LogP contribution in [0.2, 0.25) is 0 Å². The van der Waals surface area contributed by atoms with E-state index in [4.69, 9.17) is 10.5 Å². The number of nitrogen functional groups attached to an aromatic ring is 1. The number of piperidine rings is 1. The highest BCUT2D eigenvalue weighted by molar-refractivity contribution is 7.18. The summed E-state index contributed by atoms with van der Waals surface area (Å²) in [6.45, 7) is 3.12. The molecule has 7 nitrogen and oxygen atoms in total. The first kappa shape index (κ1) is 16.0. The Kier molecular flexibility index (Phi) is 5.77. The van der Waals surface area contributed by atoms with Gasteiger partial charge < -0.3 is 26.0 Å². The summed E-state index contributed by atoms with van der Waals surface area (Å²) in [7, 11) is 3.48. The van der Waals surface area contributed by atoms with E-state index in [1.165, 1.54) is 11.3 Å². The lowest BCUT2D eigenvalue weighted by atomic mass is 10.1. The van der Waals surface area contributed by atoms with Crippen molar-refractivity contribution in [3.8, 4) is 0 Å². The van der Waals surface area contributed by atoms with E-state index in [2.05, 4.69) is 15.6 Å². The van der Waals surface area contributed by atoms with Crippen molar-refractivity contribution in [1.82, 2.24) is 15.2 Å². The molecule has 4 N–H and O–H groups in total. The Morgan fingerprint density at radius 3 is 2.95 bits per heavy atom. The maximum absolute atomic E-state index is 12.6. The van der Waals surface area contributed by atoms with Gasteiger partial charge in [0.25, 0.3) is 5.91 Å². The summed E-state index contributed by atoms with van der Waals surface area (Å²) in [5.74, 6) is 0.252. The molecule has 1 amide bonds. The van der Waals surface area contributed by atoms with Crippen LogP contribution in [0.4, 0.5) is 10.9 Å². The Morgan fingerprint density at radius 2 is 2.29 bits per heavy atom. The fourth-order valence-corrected chi connectivity index (χ4v) is 3.23. The normalized spacial score (nSPS) is 15.9. The highest BCUT2D eigenvalue weighted by Gasteiger charge is 2.26. The fourth-order valence-electron chi connectivity index (χ4n) is 2.34. The molecule has 0 saturated carbocycles. The first-order valence-electron chi connectivity index (χ1n) is 7.10. The fraction of sp³-hybridized carbons (Fsp3) is 0.692. The maximum Gasteiger partial charge on any atom is 0.267 e. The number of hydrogen-bond donors (Lipinski definition) is 3. The number of aromatic nitrogens is 1. The van der Waals surface area contributed by atoms with Gasteiger partial charge in [-0.05, 0) is 25.9 Å². The number of carbonyl (C=O) groups is 1. The summed E-state index contributed by atoms with van der Waals surface area (Å²) in [6.07, 6.45) is 1.94. The summed E-state index contributed by atoms with van der Waals surface area (Å²) < 4.78 is 4.97. The molecule has 8 heteroatoms. The second-order valence-electron chi connectivity index (χ2n) is 5.05.